The van der Waals surface area contributed by atoms with E-state index in [-0.39, 0.29) is 17.0 Å². The van der Waals surface area contributed by atoms with E-state index in [1.165, 1.54) is 19.3 Å². The van der Waals surface area contributed by atoms with E-state index in [2.05, 4.69) is 17.2 Å². The molecule has 0 radical (unpaired) electrons. The van der Waals surface area contributed by atoms with Crippen LogP contribution < -0.4 is 11.1 Å². The fourth-order valence-corrected chi connectivity index (χ4v) is 2.77. The lowest BCUT2D eigenvalue weighted by molar-refractivity contribution is 0.0914. The summed E-state index contributed by atoms with van der Waals surface area (Å²) in [5.41, 5.74) is 5.98. The van der Waals surface area contributed by atoms with Crippen molar-refractivity contribution in [1.29, 1.82) is 0 Å². The van der Waals surface area contributed by atoms with Crippen molar-refractivity contribution in [3.05, 3.63) is 22.8 Å². The van der Waals surface area contributed by atoms with Crippen molar-refractivity contribution in [2.24, 2.45) is 5.41 Å². The molecule has 19 heavy (non-hydrogen) atoms. The van der Waals surface area contributed by atoms with Crippen molar-refractivity contribution >= 4 is 23.3 Å². The number of carbonyl (C=O) groups is 1. The van der Waals surface area contributed by atoms with Crippen LogP contribution >= 0.6 is 11.6 Å². The van der Waals surface area contributed by atoms with Crippen molar-refractivity contribution in [1.82, 2.24) is 10.3 Å². The molecular weight excluding hydrogens is 262 g/mol. The lowest BCUT2D eigenvalue weighted by Gasteiger charge is -2.33. The Kier molecular flexibility index (Phi) is 4.30. The molecule has 4 nitrogen and oxygen atoms in total. The lowest BCUT2D eigenvalue weighted by atomic mass is 9.76. The van der Waals surface area contributed by atoms with E-state index in [0.29, 0.717) is 17.4 Å². The molecule has 1 aromatic rings. The third-order valence-electron chi connectivity index (χ3n) is 3.82. The first kappa shape index (κ1) is 14.1. The number of nitrogens with two attached hydrogens (primary N) is 1. The zero-order chi connectivity index (χ0) is 13.9. The van der Waals surface area contributed by atoms with Crippen molar-refractivity contribution < 1.29 is 4.79 Å². The fourth-order valence-electron chi connectivity index (χ4n) is 2.58. The molecule has 1 heterocycles. The number of nitrogens with one attached hydrogen (secondary N) is 1. The highest BCUT2D eigenvalue weighted by atomic mass is 35.5. The average molecular weight is 282 g/mol. The minimum absolute atomic E-state index is 0.195. The maximum absolute atomic E-state index is 12.1. The molecule has 1 aliphatic carbocycles. The standard InChI is InChI=1S/C14H20ClN3O/c1-14(7-3-2-4-8-14)9-17-13(19)12-10(15)5-6-11(16)18-12/h5-6H,2-4,7-9H2,1H3,(H2,16,18)(H,17,19). The lowest BCUT2D eigenvalue weighted by Crippen LogP contribution is -2.37. The average Bonchev–Trinajstić information content (AvgIpc) is 2.40. The van der Waals surface area contributed by atoms with Gasteiger partial charge in [-0.15, -0.1) is 0 Å². The number of nitrogens with zero attached hydrogens (tertiary/aromatic N) is 1. The minimum atomic E-state index is -0.246. The van der Waals surface area contributed by atoms with Crippen LogP contribution in [0.4, 0.5) is 5.82 Å². The summed E-state index contributed by atoms with van der Waals surface area (Å²) >= 11 is 5.97. The fraction of sp³-hybridized carbons (Fsp3) is 0.571. The summed E-state index contributed by atoms with van der Waals surface area (Å²) in [5.74, 6) is 0.0579. The molecule has 0 aromatic carbocycles. The molecule has 1 fully saturated rings. The van der Waals surface area contributed by atoms with Gasteiger partial charge in [0.2, 0.25) is 0 Å². The van der Waals surface area contributed by atoms with Gasteiger partial charge in [0.1, 0.15) is 11.5 Å². The summed E-state index contributed by atoms with van der Waals surface area (Å²) in [7, 11) is 0. The number of amides is 1. The van der Waals surface area contributed by atoms with E-state index >= 15 is 0 Å². The van der Waals surface area contributed by atoms with Gasteiger partial charge in [0.25, 0.3) is 5.91 Å². The molecule has 0 unspecified atom stereocenters. The van der Waals surface area contributed by atoms with Crippen LogP contribution in [0.3, 0.4) is 0 Å². The number of hydrogen-bond donors (Lipinski definition) is 2. The highest BCUT2D eigenvalue weighted by molar-refractivity contribution is 6.33. The molecule has 3 N–H and O–H groups in total. The van der Waals surface area contributed by atoms with Gasteiger partial charge in [-0.05, 0) is 30.4 Å². The van der Waals surface area contributed by atoms with E-state index in [0.717, 1.165) is 12.8 Å². The number of carbonyl (C=O) groups excluding carboxylic acids is 1. The molecule has 2 rings (SSSR count). The van der Waals surface area contributed by atoms with Gasteiger partial charge < -0.3 is 11.1 Å². The van der Waals surface area contributed by atoms with Crippen LogP contribution in [-0.2, 0) is 0 Å². The Labute approximate surface area is 118 Å². The second-order valence-electron chi connectivity index (χ2n) is 5.62. The Hall–Kier alpha value is -1.29. The van der Waals surface area contributed by atoms with E-state index in [4.69, 9.17) is 17.3 Å². The van der Waals surface area contributed by atoms with Crippen LogP contribution in [0.5, 0.6) is 0 Å². The smallest absolute Gasteiger partial charge is 0.271 e. The number of aromatic nitrogens is 1. The largest absolute Gasteiger partial charge is 0.384 e. The summed E-state index contributed by atoms with van der Waals surface area (Å²) in [6.07, 6.45) is 6.09. The van der Waals surface area contributed by atoms with Gasteiger partial charge in [-0.3, -0.25) is 4.79 Å². The van der Waals surface area contributed by atoms with E-state index in [9.17, 15) is 4.79 Å². The third-order valence-corrected chi connectivity index (χ3v) is 4.12. The van der Waals surface area contributed by atoms with Crippen LogP contribution in [-0.4, -0.2) is 17.4 Å². The Balaban J connectivity index is 1.99. The van der Waals surface area contributed by atoms with Crippen molar-refractivity contribution in [2.75, 3.05) is 12.3 Å². The van der Waals surface area contributed by atoms with Crippen molar-refractivity contribution in [3.8, 4) is 0 Å². The van der Waals surface area contributed by atoms with Gasteiger partial charge in [-0.1, -0.05) is 37.8 Å². The summed E-state index contributed by atoms with van der Waals surface area (Å²) < 4.78 is 0. The number of anilines is 1. The first-order valence-corrected chi connectivity index (χ1v) is 7.08. The number of hydrogen-bond acceptors (Lipinski definition) is 3. The zero-order valence-corrected chi connectivity index (χ0v) is 12.0. The highest BCUT2D eigenvalue weighted by Crippen LogP contribution is 2.35. The normalized spacial score (nSPS) is 18.0. The van der Waals surface area contributed by atoms with Gasteiger partial charge in [-0.25, -0.2) is 4.98 Å². The topological polar surface area (TPSA) is 68.0 Å². The minimum Gasteiger partial charge on any atom is -0.384 e. The van der Waals surface area contributed by atoms with E-state index in [1.807, 2.05) is 0 Å². The Morgan fingerprint density at radius 3 is 2.79 bits per heavy atom. The number of nitrogen functional groups attached to an aromatic ring is 1. The first-order chi connectivity index (χ1) is 9.00. The molecule has 0 aliphatic heterocycles. The predicted molar refractivity (Wildman–Crippen MR) is 77.2 cm³/mol. The van der Waals surface area contributed by atoms with E-state index < -0.39 is 0 Å². The summed E-state index contributed by atoms with van der Waals surface area (Å²) in [5, 5.41) is 3.27. The maximum atomic E-state index is 12.1. The molecule has 0 atom stereocenters. The molecule has 1 amide bonds. The van der Waals surface area contributed by atoms with E-state index in [1.54, 1.807) is 12.1 Å². The molecule has 0 saturated heterocycles. The SMILES string of the molecule is CC1(CNC(=O)c2nc(N)ccc2Cl)CCCCC1. The van der Waals surface area contributed by atoms with Crippen LogP contribution in [0.15, 0.2) is 12.1 Å². The maximum Gasteiger partial charge on any atom is 0.271 e. The van der Waals surface area contributed by atoms with Gasteiger partial charge in [-0.2, -0.15) is 0 Å². The van der Waals surface area contributed by atoms with Crippen LogP contribution in [0.2, 0.25) is 5.02 Å². The van der Waals surface area contributed by atoms with Gasteiger partial charge in [0.05, 0.1) is 5.02 Å². The molecule has 1 aromatic heterocycles. The quantitative estimate of drug-likeness (QED) is 0.895. The molecular formula is C14H20ClN3O. The van der Waals surface area contributed by atoms with Crippen LogP contribution in [0.25, 0.3) is 0 Å². The highest BCUT2D eigenvalue weighted by Gasteiger charge is 2.27. The van der Waals surface area contributed by atoms with Crippen LogP contribution in [0, 0.1) is 5.41 Å². The predicted octanol–water partition coefficient (Wildman–Crippen LogP) is 3.02. The molecule has 0 bridgehead atoms. The number of rotatable bonds is 3. The molecule has 104 valence electrons. The molecule has 0 spiro atoms. The zero-order valence-electron chi connectivity index (χ0n) is 11.2. The van der Waals surface area contributed by atoms with Gasteiger partial charge in [0.15, 0.2) is 0 Å². The Bertz CT molecular complexity index is 470. The molecule has 1 saturated carbocycles. The molecule has 5 heteroatoms. The monoisotopic (exact) mass is 281 g/mol. The van der Waals surface area contributed by atoms with Crippen LogP contribution in [0.1, 0.15) is 49.5 Å². The van der Waals surface area contributed by atoms with Crippen molar-refractivity contribution in [3.63, 3.8) is 0 Å². The summed E-state index contributed by atoms with van der Waals surface area (Å²) in [6, 6.07) is 3.18. The second-order valence-corrected chi connectivity index (χ2v) is 6.03. The van der Waals surface area contributed by atoms with Crippen molar-refractivity contribution in [2.45, 2.75) is 39.0 Å². The number of pyridine rings is 1. The summed E-state index contributed by atoms with van der Waals surface area (Å²) in [4.78, 5) is 16.1. The van der Waals surface area contributed by atoms with Gasteiger partial charge in [0, 0.05) is 6.54 Å². The Morgan fingerprint density at radius 1 is 1.42 bits per heavy atom. The Morgan fingerprint density at radius 2 is 2.11 bits per heavy atom. The van der Waals surface area contributed by atoms with Gasteiger partial charge >= 0.3 is 0 Å². The third kappa shape index (κ3) is 3.60. The first-order valence-electron chi connectivity index (χ1n) is 6.70. The summed E-state index contributed by atoms with van der Waals surface area (Å²) in [6.45, 7) is 2.89. The second kappa shape index (κ2) is 5.78. The number of halogens is 1. The molecule has 1 aliphatic rings.